The molecule has 0 saturated heterocycles. The van der Waals surface area contributed by atoms with Gasteiger partial charge in [0.15, 0.2) is 0 Å². The number of unbranched alkanes of at least 4 members (excludes halogenated alkanes) is 1. The van der Waals surface area contributed by atoms with Gasteiger partial charge in [-0.15, -0.1) is 0 Å². The fourth-order valence-corrected chi connectivity index (χ4v) is 4.43. The predicted octanol–water partition coefficient (Wildman–Crippen LogP) is 3.54. The summed E-state index contributed by atoms with van der Waals surface area (Å²) in [7, 11) is -0.717. The molecule has 0 radical (unpaired) electrons. The van der Waals surface area contributed by atoms with E-state index in [0.29, 0.717) is 18.4 Å². The molecule has 0 aliphatic carbocycles. The summed E-state index contributed by atoms with van der Waals surface area (Å²) in [5.74, 6) is -5.91. The van der Waals surface area contributed by atoms with Crippen molar-refractivity contribution in [2.45, 2.75) is 59.0 Å². The Hall–Kier alpha value is -3.06. The van der Waals surface area contributed by atoms with Crippen LogP contribution in [-0.2, 0) is 51.4 Å². The van der Waals surface area contributed by atoms with Crippen molar-refractivity contribution in [1.82, 2.24) is 0 Å². The summed E-state index contributed by atoms with van der Waals surface area (Å²) < 4.78 is 38.0. The average molecular weight is 543 g/mol. The van der Waals surface area contributed by atoms with Crippen molar-refractivity contribution in [3.63, 3.8) is 0 Å². The molecule has 0 aromatic carbocycles. The second-order valence-corrected chi connectivity index (χ2v) is 11.2. The maximum atomic E-state index is 12.4. The first-order valence-corrected chi connectivity index (χ1v) is 13.3. The standard InChI is InChI=1S/C25H38O11Si/c1-17(2)21(26)32-14-11-12-15-33-37(30-9,31-10)16-13-25(34-22(27)18(3)4,35-23(28)19(5)6)36-24(29)20(7)8/h1,3,5,7,11-16H2,2,4,6,8-10H3. The zero-order chi connectivity index (χ0) is 28.8. The van der Waals surface area contributed by atoms with Gasteiger partial charge in [-0.25, -0.2) is 19.2 Å². The zero-order valence-electron chi connectivity index (χ0n) is 22.6. The van der Waals surface area contributed by atoms with Gasteiger partial charge < -0.3 is 32.2 Å². The Kier molecular flexibility index (Phi) is 14.6. The number of rotatable bonds is 18. The molecule has 0 unspecified atom stereocenters. The number of hydrogen-bond acceptors (Lipinski definition) is 11. The number of carbonyl (C=O) groups excluding carboxylic acids is 4. The summed E-state index contributed by atoms with van der Waals surface area (Å²) >= 11 is 0. The van der Waals surface area contributed by atoms with Gasteiger partial charge in [-0.3, -0.25) is 0 Å². The van der Waals surface area contributed by atoms with Crippen LogP contribution < -0.4 is 0 Å². The lowest BCUT2D eigenvalue weighted by Gasteiger charge is -2.34. The van der Waals surface area contributed by atoms with Crippen LogP contribution in [0.25, 0.3) is 0 Å². The van der Waals surface area contributed by atoms with Crippen molar-refractivity contribution in [3.05, 3.63) is 48.6 Å². The molecule has 0 aliphatic rings. The first-order chi connectivity index (χ1) is 17.1. The molecule has 0 heterocycles. The molecule has 0 rings (SSSR count). The SMILES string of the molecule is C=C(C)C(=O)OCCCCO[Si](CCC(OC(=O)C(=C)C)(OC(=O)C(=C)C)OC(=O)C(=C)C)(OC)OC. The summed E-state index contributed by atoms with van der Waals surface area (Å²) in [6.07, 6.45) is 0.605. The topological polar surface area (TPSA) is 133 Å². The van der Waals surface area contributed by atoms with Gasteiger partial charge in [0.05, 0.1) is 13.0 Å². The Labute approximate surface area is 219 Å². The van der Waals surface area contributed by atoms with E-state index in [9.17, 15) is 19.2 Å². The molecule has 0 fully saturated rings. The molecule has 37 heavy (non-hydrogen) atoms. The fraction of sp³-hybridized carbons (Fsp3) is 0.520. The molecule has 0 amide bonds. The fourth-order valence-electron chi connectivity index (χ4n) is 2.40. The third-order valence-corrected chi connectivity index (χ3v) is 7.34. The van der Waals surface area contributed by atoms with E-state index in [1.807, 2.05) is 0 Å². The van der Waals surface area contributed by atoms with Crippen LogP contribution in [0.2, 0.25) is 6.04 Å². The van der Waals surface area contributed by atoms with Crippen LogP contribution in [0.3, 0.4) is 0 Å². The quantitative estimate of drug-likeness (QED) is 0.0828. The van der Waals surface area contributed by atoms with E-state index in [4.69, 9.17) is 32.2 Å². The van der Waals surface area contributed by atoms with Crippen molar-refractivity contribution in [2.75, 3.05) is 27.4 Å². The molecule has 0 saturated carbocycles. The van der Waals surface area contributed by atoms with Gasteiger partial charge in [-0.05, 0) is 40.5 Å². The van der Waals surface area contributed by atoms with Crippen molar-refractivity contribution < 1.29 is 51.4 Å². The monoisotopic (exact) mass is 542 g/mol. The third-order valence-electron chi connectivity index (χ3n) is 4.59. The summed E-state index contributed by atoms with van der Waals surface area (Å²) in [5, 5.41) is 0. The Balaban J connectivity index is 5.73. The van der Waals surface area contributed by atoms with Crippen molar-refractivity contribution in [3.8, 4) is 0 Å². The van der Waals surface area contributed by atoms with Gasteiger partial charge in [0.25, 0.3) is 0 Å². The number of carbonyl (C=O) groups is 4. The highest BCUT2D eigenvalue weighted by Gasteiger charge is 2.49. The van der Waals surface area contributed by atoms with Crippen LogP contribution in [0.4, 0.5) is 0 Å². The second kappa shape index (κ2) is 15.9. The zero-order valence-corrected chi connectivity index (χ0v) is 23.6. The van der Waals surface area contributed by atoms with Crippen LogP contribution in [0.15, 0.2) is 48.6 Å². The van der Waals surface area contributed by atoms with E-state index in [2.05, 4.69) is 26.3 Å². The van der Waals surface area contributed by atoms with Crippen molar-refractivity contribution >= 4 is 32.7 Å². The maximum Gasteiger partial charge on any atom is 0.500 e. The summed E-state index contributed by atoms with van der Waals surface area (Å²) in [5.41, 5.74) is 0.199. The normalized spacial score (nSPS) is 11.2. The van der Waals surface area contributed by atoms with Crippen LogP contribution in [0.1, 0.15) is 47.0 Å². The van der Waals surface area contributed by atoms with Crippen LogP contribution >= 0.6 is 0 Å². The first-order valence-electron chi connectivity index (χ1n) is 11.4. The Morgan fingerprint density at radius 2 is 1.03 bits per heavy atom. The smallest absolute Gasteiger partial charge is 0.462 e. The molecule has 0 spiro atoms. The van der Waals surface area contributed by atoms with Gasteiger partial charge >= 0.3 is 38.7 Å². The molecule has 0 aromatic rings. The molecular formula is C25H38O11Si. The largest absolute Gasteiger partial charge is 0.500 e. The molecule has 0 bridgehead atoms. The van der Waals surface area contributed by atoms with Crippen LogP contribution in [0.5, 0.6) is 0 Å². The van der Waals surface area contributed by atoms with E-state index in [0.717, 1.165) is 0 Å². The van der Waals surface area contributed by atoms with Crippen LogP contribution in [0, 0.1) is 0 Å². The molecule has 0 aromatic heterocycles. The summed E-state index contributed by atoms with van der Waals surface area (Å²) in [6, 6.07) is -0.0962. The van der Waals surface area contributed by atoms with Gasteiger partial charge in [-0.2, -0.15) is 0 Å². The van der Waals surface area contributed by atoms with E-state index in [1.54, 1.807) is 6.92 Å². The lowest BCUT2D eigenvalue weighted by Crippen LogP contribution is -2.50. The van der Waals surface area contributed by atoms with Crippen molar-refractivity contribution in [1.29, 1.82) is 0 Å². The second-order valence-electron chi connectivity index (χ2n) is 8.26. The highest BCUT2D eigenvalue weighted by Crippen LogP contribution is 2.30. The van der Waals surface area contributed by atoms with E-state index < -0.39 is 45.1 Å². The first kappa shape index (κ1) is 33.9. The molecule has 0 atom stereocenters. The van der Waals surface area contributed by atoms with E-state index >= 15 is 0 Å². The molecule has 11 nitrogen and oxygen atoms in total. The minimum Gasteiger partial charge on any atom is -0.462 e. The summed E-state index contributed by atoms with van der Waals surface area (Å²) in [6.45, 7) is 20.0. The average Bonchev–Trinajstić information content (AvgIpc) is 2.82. The molecule has 0 N–H and O–H groups in total. The lowest BCUT2D eigenvalue weighted by molar-refractivity contribution is -0.327. The van der Waals surface area contributed by atoms with Gasteiger partial charge in [-0.1, -0.05) is 26.3 Å². The highest BCUT2D eigenvalue weighted by atomic mass is 28.4. The van der Waals surface area contributed by atoms with E-state index in [1.165, 1.54) is 35.0 Å². The van der Waals surface area contributed by atoms with Gasteiger partial charge in [0.2, 0.25) is 0 Å². The van der Waals surface area contributed by atoms with Gasteiger partial charge in [0, 0.05) is 49.2 Å². The number of esters is 4. The van der Waals surface area contributed by atoms with Gasteiger partial charge in [0.1, 0.15) is 0 Å². The number of ether oxygens (including phenoxy) is 4. The van der Waals surface area contributed by atoms with Crippen LogP contribution in [-0.4, -0.2) is 66.1 Å². The number of hydrogen-bond donors (Lipinski definition) is 0. The van der Waals surface area contributed by atoms with Crippen molar-refractivity contribution in [2.24, 2.45) is 0 Å². The third kappa shape index (κ3) is 12.1. The minimum absolute atomic E-state index is 0.0345. The Morgan fingerprint density at radius 1 is 0.649 bits per heavy atom. The minimum atomic E-state index is -3.45. The highest BCUT2D eigenvalue weighted by molar-refractivity contribution is 6.60. The molecule has 0 aliphatic heterocycles. The Bertz CT molecular complexity index is 833. The maximum absolute atomic E-state index is 12.4. The molecule has 12 heteroatoms. The Morgan fingerprint density at radius 3 is 1.38 bits per heavy atom. The lowest BCUT2D eigenvalue weighted by atomic mass is 10.3. The predicted molar refractivity (Wildman–Crippen MR) is 136 cm³/mol. The summed E-state index contributed by atoms with van der Waals surface area (Å²) in [4.78, 5) is 48.7. The van der Waals surface area contributed by atoms with E-state index in [-0.39, 0.29) is 36.0 Å². The molecule has 208 valence electrons. The molecular weight excluding hydrogens is 504 g/mol.